The van der Waals surface area contributed by atoms with Crippen LogP contribution in [0.4, 0.5) is 4.39 Å². The lowest BCUT2D eigenvalue weighted by Gasteiger charge is -2.23. The molecule has 0 fully saturated rings. The molecule has 1 atom stereocenters. The van der Waals surface area contributed by atoms with E-state index >= 15 is 0 Å². The lowest BCUT2D eigenvalue weighted by Crippen LogP contribution is -2.40. The minimum atomic E-state index is -3.72. The molecule has 1 heterocycles. The Bertz CT molecular complexity index is 996. The highest BCUT2D eigenvalue weighted by molar-refractivity contribution is 7.88. The number of nitrogens with one attached hydrogen (secondary N) is 1. The highest BCUT2D eigenvalue weighted by Gasteiger charge is 2.23. The van der Waals surface area contributed by atoms with Gasteiger partial charge >= 0.3 is 0 Å². The summed E-state index contributed by atoms with van der Waals surface area (Å²) in [6.45, 7) is 2.09. The molecule has 2 aromatic carbocycles. The number of sulfonamides is 1. The molecule has 1 aliphatic rings. The Morgan fingerprint density at radius 2 is 1.86 bits per heavy atom. The van der Waals surface area contributed by atoms with Crippen LogP contribution in [0.5, 0.6) is 11.5 Å². The van der Waals surface area contributed by atoms with Crippen molar-refractivity contribution in [2.75, 3.05) is 26.0 Å². The van der Waals surface area contributed by atoms with Gasteiger partial charge in [0.05, 0.1) is 18.8 Å². The SMILES string of the molecule is CC(NC(=O)CN(Cc1ccccc1F)S(C)(=O)=O)c1ccc2c(c1)OCCO2. The van der Waals surface area contributed by atoms with E-state index in [0.29, 0.717) is 24.7 Å². The number of carbonyl (C=O) groups excluding carboxylic acids is 1. The number of hydrogen-bond donors (Lipinski definition) is 1. The third kappa shape index (κ3) is 5.45. The molecular weight excluding hydrogens is 399 g/mol. The van der Waals surface area contributed by atoms with Crippen LogP contribution in [0.15, 0.2) is 42.5 Å². The first-order valence-corrected chi connectivity index (χ1v) is 11.0. The number of benzene rings is 2. The predicted molar refractivity (Wildman–Crippen MR) is 106 cm³/mol. The average molecular weight is 422 g/mol. The molecule has 2 aromatic rings. The highest BCUT2D eigenvalue weighted by Crippen LogP contribution is 2.32. The Hall–Kier alpha value is -2.65. The summed E-state index contributed by atoms with van der Waals surface area (Å²) in [5.74, 6) is 0.235. The van der Waals surface area contributed by atoms with Crippen LogP contribution in [0.3, 0.4) is 0 Å². The van der Waals surface area contributed by atoms with E-state index in [1.807, 2.05) is 6.07 Å². The Kier molecular flexibility index (Phi) is 6.39. The average Bonchev–Trinajstić information content (AvgIpc) is 2.68. The summed E-state index contributed by atoms with van der Waals surface area (Å²) in [4.78, 5) is 12.5. The number of hydrogen-bond acceptors (Lipinski definition) is 5. The van der Waals surface area contributed by atoms with E-state index < -0.39 is 28.3 Å². The van der Waals surface area contributed by atoms with Crippen molar-refractivity contribution in [3.8, 4) is 11.5 Å². The lowest BCUT2D eigenvalue weighted by atomic mass is 10.1. The first-order valence-electron chi connectivity index (χ1n) is 9.11. The Labute approximate surface area is 169 Å². The van der Waals surface area contributed by atoms with Crippen molar-refractivity contribution >= 4 is 15.9 Å². The molecule has 1 amide bonds. The van der Waals surface area contributed by atoms with Gasteiger partial charge < -0.3 is 14.8 Å². The van der Waals surface area contributed by atoms with E-state index in [9.17, 15) is 17.6 Å². The zero-order valence-electron chi connectivity index (χ0n) is 16.2. The molecule has 156 valence electrons. The summed E-state index contributed by atoms with van der Waals surface area (Å²) >= 11 is 0. The Morgan fingerprint density at radius 1 is 1.17 bits per heavy atom. The van der Waals surface area contributed by atoms with Crippen LogP contribution in [-0.4, -0.2) is 44.6 Å². The van der Waals surface area contributed by atoms with Gasteiger partial charge in [0.15, 0.2) is 11.5 Å². The molecule has 9 heteroatoms. The fourth-order valence-electron chi connectivity index (χ4n) is 2.97. The summed E-state index contributed by atoms with van der Waals surface area (Å²) in [6, 6.07) is 10.9. The molecule has 0 saturated heterocycles. The largest absolute Gasteiger partial charge is 0.486 e. The van der Waals surface area contributed by atoms with Gasteiger partial charge in [0.1, 0.15) is 19.0 Å². The van der Waals surface area contributed by atoms with Gasteiger partial charge in [-0.2, -0.15) is 4.31 Å². The fraction of sp³-hybridized carbons (Fsp3) is 0.350. The maximum atomic E-state index is 13.9. The molecular formula is C20H23FN2O5S. The molecule has 29 heavy (non-hydrogen) atoms. The van der Waals surface area contributed by atoms with Crippen LogP contribution >= 0.6 is 0 Å². The fourth-order valence-corrected chi connectivity index (χ4v) is 3.69. The van der Waals surface area contributed by atoms with Crippen molar-refractivity contribution in [3.05, 3.63) is 59.4 Å². The molecule has 0 aromatic heterocycles. The molecule has 7 nitrogen and oxygen atoms in total. The number of fused-ring (bicyclic) bond motifs is 1. The van der Waals surface area contributed by atoms with E-state index in [1.165, 1.54) is 18.2 Å². The van der Waals surface area contributed by atoms with Gasteiger partial charge in [-0.25, -0.2) is 12.8 Å². The molecule has 0 radical (unpaired) electrons. The molecule has 1 aliphatic heterocycles. The quantitative estimate of drug-likeness (QED) is 0.740. The summed E-state index contributed by atoms with van der Waals surface area (Å²) < 4.78 is 50.1. The molecule has 0 spiro atoms. The molecule has 0 saturated carbocycles. The van der Waals surface area contributed by atoms with E-state index in [1.54, 1.807) is 25.1 Å². The maximum Gasteiger partial charge on any atom is 0.235 e. The van der Waals surface area contributed by atoms with Crippen molar-refractivity contribution in [2.24, 2.45) is 0 Å². The smallest absolute Gasteiger partial charge is 0.235 e. The maximum absolute atomic E-state index is 13.9. The minimum absolute atomic E-state index is 0.200. The molecule has 3 rings (SSSR count). The second-order valence-corrected chi connectivity index (χ2v) is 8.80. The van der Waals surface area contributed by atoms with Crippen molar-refractivity contribution < 1.29 is 27.1 Å². The van der Waals surface area contributed by atoms with Gasteiger partial charge in [-0.3, -0.25) is 4.79 Å². The summed E-state index contributed by atoms with van der Waals surface area (Å²) in [5.41, 5.74) is 0.994. The van der Waals surface area contributed by atoms with Gasteiger partial charge in [0.25, 0.3) is 0 Å². The zero-order chi connectivity index (χ0) is 21.0. The van der Waals surface area contributed by atoms with Crippen LogP contribution in [0, 0.1) is 5.82 Å². The topological polar surface area (TPSA) is 84.9 Å². The van der Waals surface area contributed by atoms with Crippen LogP contribution in [0.1, 0.15) is 24.1 Å². The third-order valence-corrected chi connectivity index (χ3v) is 5.73. The second-order valence-electron chi connectivity index (χ2n) is 6.81. The third-order valence-electron chi connectivity index (χ3n) is 4.54. The number of amides is 1. The van der Waals surface area contributed by atoms with Crippen molar-refractivity contribution in [1.82, 2.24) is 9.62 Å². The number of ether oxygens (including phenoxy) is 2. The zero-order valence-corrected chi connectivity index (χ0v) is 17.0. The summed E-state index contributed by atoms with van der Waals surface area (Å²) in [5, 5.41) is 2.77. The van der Waals surface area contributed by atoms with Gasteiger partial charge in [-0.05, 0) is 30.7 Å². The predicted octanol–water partition coefficient (Wildman–Crippen LogP) is 2.24. The number of rotatable bonds is 7. The molecule has 0 aliphatic carbocycles. The lowest BCUT2D eigenvalue weighted by molar-refractivity contribution is -0.122. The molecule has 0 bridgehead atoms. The van der Waals surface area contributed by atoms with Crippen LogP contribution < -0.4 is 14.8 Å². The van der Waals surface area contributed by atoms with E-state index in [4.69, 9.17) is 9.47 Å². The van der Waals surface area contributed by atoms with Gasteiger partial charge in [-0.1, -0.05) is 24.3 Å². The first-order chi connectivity index (χ1) is 13.7. The normalized spacial score (nSPS) is 14.5. The summed E-state index contributed by atoms with van der Waals surface area (Å²) in [7, 11) is -3.72. The standard InChI is InChI=1S/C20H23FN2O5S/c1-14(15-7-8-18-19(11-15)28-10-9-27-18)22-20(24)13-23(29(2,25)26)12-16-5-3-4-6-17(16)21/h3-8,11,14H,9-10,12-13H2,1-2H3,(H,22,24). The van der Waals surface area contributed by atoms with Gasteiger partial charge in [0, 0.05) is 12.1 Å². The molecule has 1 unspecified atom stereocenters. The van der Waals surface area contributed by atoms with Crippen molar-refractivity contribution in [2.45, 2.75) is 19.5 Å². The van der Waals surface area contributed by atoms with E-state index in [2.05, 4.69) is 5.32 Å². The number of nitrogens with zero attached hydrogens (tertiary/aromatic N) is 1. The van der Waals surface area contributed by atoms with Crippen molar-refractivity contribution in [1.29, 1.82) is 0 Å². The highest BCUT2D eigenvalue weighted by atomic mass is 32.2. The summed E-state index contributed by atoms with van der Waals surface area (Å²) in [6.07, 6.45) is 0.991. The van der Waals surface area contributed by atoms with E-state index in [-0.39, 0.29) is 18.2 Å². The monoisotopic (exact) mass is 422 g/mol. The van der Waals surface area contributed by atoms with Crippen molar-refractivity contribution in [3.63, 3.8) is 0 Å². The first kappa shape index (κ1) is 21.1. The molecule has 1 N–H and O–H groups in total. The second kappa shape index (κ2) is 8.79. The minimum Gasteiger partial charge on any atom is -0.486 e. The Balaban J connectivity index is 1.67. The van der Waals surface area contributed by atoms with Crippen LogP contribution in [-0.2, 0) is 21.4 Å². The Morgan fingerprint density at radius 3 is 2.55 bits per heavy atom. The van der Waals surface area contributed by atoms with E-state index in [0.717, 1.165) is 16.1 Å². The van der Waals surface area contributed by atoms with Crippen LogP contribution in [0.25, 0.3) is 0 Å². The number of carbonyl (C=O) groups is 1. The van der Waals surface area contributed by atoms with Gasteiger partial charge in [-0.15, -0.1) is 0 Å². The van der Waals surface area contributed by atoms with Crippen LogP contribution in [0.2, 0.25) is 0 Å². The number of halogens is 1. The van der Waals surface area contributed by atoms with Gasteiger partial charge in [0.2, 0.25) is 15.9 Å².